The van der Waals surface area contributed by atoms with Crippen molar-refractivity contribution in [2.75, 3.05) is 20.8 Å². The van der Waals surface area contributed by atoms with Crippen LogP contribution in [-0.2, 0) is 11.3 Å². The summed E-state index contributed by atoms with van der Waals surface area (Å²) in [5.41, 5.74) is 1.50. The van der Waals surface area contributed by atoms with Gasteiger partial charge in [0.15, 0.2) is 11.0 Å². The predicted octanol–water partition coefficient (Wildman–Crippen LogP) is 5.97. The molecule has 1 aromatic heterocycles. The maximum absolute atomic E-state index is 12.1. The number of carbonyl (C=O) groups is 1. The smallest absolute Gasteiger partial charge is 0.342 e. The van der Waals surface area contributed by atoms with Crippen LogP contribution < -0.4 is 14.2 Å². The molecule has 184 valence electrons. The molecule has 0 atom stereocenters. The lowest BCUT2D eigenvalue weighted by atomic mass is 10.2. The summed E-state index contributed by atoms with van der Waals surface area (Å²) in [5.74, 6) is 1.52. The first kappa shape index (κ1) is 27.3. The van der Waals surface area contributed by atoms with Gasteiger partial charge in [0.25, 0.3) is 0 Å². The molecule has 1 heterocycles. The molecular weight excluding hydrogens is 696 g/mol. The maximum Gasteiger partial charge on any atom is 0.342 e. The molecule has 35 heavy (non-hydrogen) atoms. The Labute approximate surface area is 235 Å². The summed E-state index contributed by atoms with van der Waals surface area (Å²) in [7, 11) is 3.16. The number of ether oxygens (including phenoxy) is 3. The van der Waals surface area contributed by atoms with Crippen LogP contribution in [0.5, 0.6) is 17.2 Å². The fourth-order valence-corrected chi connectivity index (χ4v) is 6.14. The van der Waals surface area contributed by atoms with E-state index in [1.165, 1.54) is 0 Å². The topological polar surface area (TPSA) is 95.7 Å². The van der Waals surface area contributed by atoms with Gasteiger partial charge in [-0.25, -0.2) is 4.79 Å². The second kappa shape index (κ2) is 12.6. The lowest BCUT2D eigenvalue weighted by Gasteiger charge is -2.11. The van der Waals surface area contributed by atoms with Crippen LogP contribution in [0.3, 0.4) is 0 Å². The van der Waals surface area contributed by atoms with Gasteiger partial charge in [-0.05, 0) is 99.8 Å². The third-order valence-electron chi connectivity index (χ3n) is 4.72. The fourth-order valence-electron chi connectivity index (χ4n) is 3.13. The van der Waals surface area contributed by atoms with Gasteiger partial charge in [-0.15, -0.1) is 10.2 Å². The van der Waals surface area contributed by atoms with E-state index in [2.05, 4.69) is 62.0 Å². The van der Waals surface area contributed by atoms with Crippen LogP contribution in [0.1, 0.15) is 12.5 Å². The third kappa shape index (κ3) is 6.70. The van der Waals surface area contributed by atoms with Crippen molar-refractivity contribution in [2.24, 2.45) is 0 Å². The van der Waals surface area contributed by atoms with Crippen molar-refractivity contribution in [1.29, 1.82) is 0 Å². The number of carboxylic acids is 1. The third-order valence-corrected chi connectivity index (χ3v) is 7.32. The van der Waals surface area contributed by atoms with Crippen molar-refractivity contribution >= 4 is 69.0 Å². The lowest BCUT2D eigenvalue weighted by molar-refractivity contribution is -0.131. The summed E-state index contributed by atoms with van der Waals surface area (Å²) in [5, 5.41) is 19.0. The number of aliphatic carboxylic acids is 1. The molecule has 3 aromatic rings. The van der Waals surface area contributed by atoms with E-state index in [0.717, 1.165) is 35.8 Å². The Kier molecular flexibility index (Phi) is 9.86. The molecule has 0 saturated carbocycles. The van der Waals surface area contributed by atoms with Crippen LogP contribution in [0.2, 0.25) is 0 Å². The minimum atomic E-state index is -1.05. The molecule has 0 spiro atoms. The van der Waals surface area contributed by atoms with E-state index in [1.54, 1.807) is 32.4 Å². The molecule has 0 amide bonds. The van der Waals surface area contributed by atoms with Crippen molar-refractivity contribution in [3.05, 3.63) is 60.6 Å². The van der Waals surface area contributed by atoms with Gasteiger partial charge in [-0.3, -0.25) is 0 Å². The van der Waals surface area contributed by atoms with E-state index >= 15 is 0 Å². The second-order valence-corrected chi connectivity index (χ2v) is 10.3. The summed E-state index contributed by atoms with van der Waals surface area (Å²) in [6.45, 7) is 6.56. The Morgan fingerprint density at radius 1 is 1.11 bits per heavy atom. The number of halogens is 2. The molecule has 1 N–H and O–H groups in total. The molecule has 0 aliphatic heterocycles. The Balaban J connectivity index is 1.98. The average molecular weight is 719 g/mol. The molecule has 3 rings (SSSR count). The zero-order valence-electron chi connectivity index (χ0n) is 19.2. The van der Waals surface area contributed by atoms with E-state index in [0.29, 0.717) is 35.6 Å². The summed E-state index contributed by atoms with van der Waals surface area (Å²) in [6.07, 6.45) is 3.30. The van der Waals surface area contributed by atoms with Crippen LogP contribution in [0, 0.1) is 7.14 Å². The molecular formula is C24H23I2N3O5S. The highest BCUT2D eigenvalue weighted by Crippen LogP contribution is 2.35. The molecule has 2 aromatic carbocycles. The molecule has 8 nitrogen and oxygen atoms in total. The molecule has 0 saturated heterocycles. The van der Waals surface area contributed by atoms with E-state index in [-0.39, 0.29) is 4.91 Å². The molecule has 0 bridgehead atoms. The second-order valence-electron chi connectivity index (χ2n) is 6.98. The minimum absolute atomic E-state index is 0.119. The number of carboxylic acid groups (broad SMARTS) is 1. The van der Waals surface area contributed by atoms with E-state index in [1.807, 2.05) is 35.8 Å². The number of methoxy groups -OCH3 is 2. The first-order valence-corrected chi connectivity index (χ1v) is 13.3. The number of rotatable bonds is 11. The van der Waals surface area contributed by atoms with Crippen LogP contribution in [0.4, 0.5) is 0 Å². The largest absolute Gasteiger partial charge is 0.497 e. The van der Waals surface area contributed by atoms with Gasteiger partial charge in [0.2, 0.25) is 0 Å². The summed E-state index contributed by atoms with van der Waals surface area (Å²) < 4.78 is 20.1. The summed E-state index contributed by atoms with van der Waals surface area (Å²) in [6, 6.07) is 9.20. The molecule has 11 heteroatoms. The zero-order chi connectivity index (χ0) is 25.5. The number of thioether (sulfide) groups is 1. The molecule has 0 aliphatic carbocycles. The highest BCUT2D eigenvalue weighted by molar-refractivity contribution is 14.1. The van der Waals surface area contributed by atoms with Gasteiger partial charge < -0.3 is 23.9 Å². The van der Waals surface area contributed by atoms with Crippen LogP contribution >= 0.6 is 56.9 Å². The van der Waals surface area contributed by atoms with E-state index in [4.69, 9.17) is 14.2 Å². The zero-order valence-corrected chi connectivity index (χ0v) is 24.4. The van der Waals surface area contributed by atoms with Crippen molar-refractivity contribution in [1.82, 2.24) is 14.8 Å². The number of benzene rings is 2. The highest BCUT2D eigenvalue weighted by Gasteiger charge is 2.20. The quantitative estimate of drug-likeness (QED) is 0.112. The first-order valence-electron chi connectivity index (χ1n) is 10.3. The molecule has 0 unspecified atom stereocenters. The predicted molar refractivity (Wildman–Crippen MR) is 153 cm³/mol. The Hall–Kier alpha value is -2.26. The normalized spacial score (nSPS) is 11.3. The minimum Gasteiger partial charge on any atom is -0.497 e. The Morgan fingerprint density at radius 2 is 1.74 bits per heavy atom. The fraction of sp³-hybridized carbons (Fsp3) is 0.208. The van der Waals surface area contributed by atoms with Gasteiger partial charge in [-0.2, -0.15) is 0 Å². The van der Waals surface area contributed by atoms with Crippen molar-refractivity contribution < 1.29 is 24.1 Å². The van der Waals surface area contributed by atoms with Crippen molar-refractivity contribution in [2.45, 2.75) is 18.6 Å². The van der Waals surface area contributed by atoms with Gasteiger partial charge in [-0.1, -0.05) is 12.7 Å². The highest BCUT2D eigenvalue weighted by atomic mass is 127. The average Bonchev–Trinajstić information content (AvgIpc) is 3.25. The monoisotopic (exact) mass is 719 g/mol. The Morgan fingerprint density at radius 3 is 2.26 bits per heavy atom. The van der Waals surface area contributed by atoms with Crippen molar-refractivity contribution in [3.8, 4) is 28.6 Å². The number of hydrogen-bond acceptors (Lipinski definition) is 7. The van der Waals surface area contributed by atoms with Crippen LogP contribution in [0.25, 0.3) is 17.5 Å². The van der Waals surface area contributed by atoms with Gasteiger partial charge in [0.05, 0.1) is 21.4 Å². The standard InChI is InChI=1S/C24H23I2N3O5S/c1-5-7-34-21-18(25)8-14(9-19(21)26)10-20(23(30)31)35-24-28-27-22(29(24)6-2)15-11-16(32-3)13-17(12-15)33-4/h5,8-13H,1,6-7H2,2-4H3,(H,30,31)/b20-10-. The SMILES string of the molecule is C=CCOc1c(I)cc(/C=C(\Sc2nnc(-c3cc(OC)cc(OC)c3)n2CC)C(=O)O)cc1I. The molecule has 0 aliphatic rings. The number of aromatic nitrogens is 3. The maximum atomic E-state index is 12.1. The van der Waals surface area contributed by atoms with Crippen LogP contribution in [0.15, 0.2) is 53.0 Å². The molecule has 0 radical (unpaired) electrons. The van der Waals surface area contributed by atoms with Crippen molar-refractivity contribution in [3.63, 3.8) is 0 Å². The number of nitrogens with zero attached hydrogens (tertiary/aromatic N) is 3. The molecule has 0 fully saturated rings. The summed E-state index contributed by atoms with van der Waals surface area (Å²) >= 11 is 5.40. The summed E-state index contributed by atoms with van der Waals surface area (Å²) in [4.78, 5) is 12.2. The lowest BCUT2D eigenvalue weighted by Crippen LogP contribution is -2.03. The van der Waals surface area contributed by atoms with Gasteiger partial charge >= 0.3 is 5.97 Å². The first-order chi connectivity index (χ1) is 16.8. The van der Waals surface area contributed by atoms with Gasteiger partial charge in [0.1, 0.15) is 28.8 Å². The number of hydrogen-bond donors (Lipinski definition) is 1. The Bertz CT molecular complexity index is 1230. The van der Waals surface area contributed by atoms with Crippen LogP contribution in [-0.4, -0.2) is 46.7 Å². The van der Waals surface area contributed by atoms with Gasteiger partial charge in [0, 0.05) is 18.2 Å². The van der Waals surface area contributed by atoms with E-state index < -0.39 is 5.97 Å². The van der Waals surface area contributed by atoms with E-state index in [9.17, 15) is 9.90 Å².